The van der Waals surface area contributed by atoms with Gasteiger partial charge in [-0.15, -0.1) is 0 Å². The van der Waals surface area contributed by atoms with Crippen molar-refractivity contribution in [2.45, 2.75) is 39.2 Å². The lowest BCUT2D eigenvalue weighted by Crippen LogP contribution is -2.47. The van der Waals surface area contributed by atoms with Gasteiger partial charge in [0.2, 0.25) is 10.0 Å². The predicted octanol–water partition coefficient (Wildman–Crippen LogP) is 1.81. The number of nitrogens with zero attached hydrogens (tertiary/aromatic N) is 2. The number of rotatable bonds is 5. The molecule has 1 saturated heterocycles. The molecule has 2 aromatic rings. The molecular weight excluding hydrogens is 340 g/mol. The van der Waals surface area contributed by atoms with E-state index in [1.807, 2.05) is 32.0 Å². The maximum absolute atomic E-state index is 12.8. The van der Waals surface area contributed by atoms with Gasteiger partial charge in [0.05, 0.1) is 11.3 Å². The molecule has 136 valence electrons. The molecule has 1 aliphatic rings. The molecule has 1 aromatic carbocycles. The third-order valence-corrected chi connectivity index (χ3v) is 6.16. The van der Waals surface area contributed by atoms with Gasteiger partial charge in [0.15, 0.2) is 5.69 Å². The third kappa shape index (κ3) is 4.01. The maximum Gasteiger partial charge on any atom is 0.274 e. The topological polar surface area (TPSA) is 95.2 Å². The molecule has 0 spiro atoms. The molecule has 2 N–H and O–H groups in total. The van der Waals surface area contributed by atoms with Crippen LogP contribution in [0.2, 0.25) is 0 Å². The number of H-pyrrole nitrogens is 1. The lowest BCUT2D eigenvalue weighted by atomic mass is 10.1. The molecule has 1 aromatic heterocycles. The number of aromatic nitrogens is 2. The predicted molar refractivity (Wildman–Crippen MR) is 97.0 cm³/mol. The van der Waals surface area contributed by atoms with E-state index in [1.54, 1.807) is 4.90 Å². The molecule has 3 rings (SSSR count). The highest BCUT2D eigenvalue weighted by atomic mass is 32.2. The molecule has 0 atom stereocenters. The van der Waals surface area contributed by atoms with Crippen LogP contribution in [0.1, 0.15) is 42.2 Å². The Bertz CT molecular complexity index is 867. The van der Waals surface area contributed by atoms with Gasteiger partial charge in [0, 0.05) is 24.5 Å². The van der Waals surface area contributed by atoms with E-state index in [0.717, 1.165) is 16.5 Å². The molecule has 0 aliphatic carbocycles. The number of likely N-dealkylation sites (tertiary alicyclic amines) is 1. The Balaban J connectivity index is 1.66. The first kappa shape index (κ1) is 17.9. The quantitative estimate of drug-likeness (QED) is 0.846. The number of carbonyl (C=O) groups is 1. The fourth-order valence-electron chi connectivity index (χ4n) is 3.22. The Kier molecular flexibility index (Phi) is 5.10. The van der Waals surface area contributed by atoms with E-state index in [0.29, 0.717) is 38.0 Å². The first-order valence-corrected chi connectivity index (χ1v) is 10.3. The van der Waals surface area contributed by atoms with E-state index < -0.39 is 10.0 Å². The second-order valence-corrected chi connectivity index (χ2v) is 8.50. The molecule has 8 heteroatoms. The lowest BCUT2D eigenvalue weighted by Gasteiger charge is -2.31. The minimum atomic E-state index is -3.22. The number of benzene rings is 1. The van der Waals surface area contributed by atoms with E-state index in [1.165, 1.54) is 0 Å². The number of nitrogens with one attached hydrogen (secondary N) is 2. The van der Waals surface area contributed by atoms with Crippen LogP contribution in [0.5, 0.6) is 0 Å². The number of hydrogen-bond acceptors (Lipinski definition) is 4. The summed E-state index contributed by atoms with van der Waals surface area (Å²) in [5.41, 5.74) is 2.35. The Labute approximate surface area is 147 Å². The molecule has 7 nitrogen and oxygen atoms in total. The highest BCUT2D eigenvalue weighted by Crippen LogP contribution is 2.21. The van der Waals surface area contributed by atoms with Crippen LogP contribution < -0.4 is 4.72 Å². The van der Waals surface area contributed by atoms with Crippen LogP contribution in [0.15, 0.2) is 18.2 Å². The number of aromatic amines is 1. The van der Waals surface area contributed by atoms with Crippen LogP contribution >= 0.6 is 0 Å². The Morgan fingerprint density at radius 3 is 2.76 bits per heavy atom. The maximum atomic E-state index is 12.8. The van der Waals surface area contributed by atoms with Crippen molar-refractivity contribution < 1.29 is 13.2 Å². The minimum absolute atomic E-state index is 0.0984. The van der Waals surface area contributed by atoms with Crippen LogP contribution in [-0.4, -0.2) is 54.3 Å². The summed E-state index contributed by atoms with van der Waals surface area (Å²) in [7, 11) is -3.22. The molecule has 2 heterocycles. The van der Waals surface area contributed by atoms with Crippen LogP contribution in [0.4, 0.5) is 0 Å². The third-order valence-electron chi connectivity index (χ3n) is 4.52. The van der Waals surface area contributed by atoms with E-state index in [-0.39, 0.29) is 17.7 Å². The number of sulfonamides is 1. The Morgan fingerprint density at radius 1 is 1.36 bits per heavy atom. The number of carbonyl (C=O) groups excluding carboxylic acids is 1. The molecule has 1 fully saturated rings. The molecule has 1 aliphatic heterocycles. The number of aryl methyl sites for hydroxylation is 1. The van der Waals surface area contributed by atoms with Crippen molar-refractivity contribution in [2.24, 2.45) is 0 Å². The van der Waals surface area contributed by atoms with Gasteiger partial charge >= 0.3 is 0 Å². The van der Waals surface area contributed by atoms with Crippen molar-refractivity contribution in [3.63, 3.8) is 0 Å². The fraction of sp³-hybridized carbons (Fsp3) is 0.529. The molecule has 0 saturated carbocycles. The standard InChI is InChI=1S/C17H24N4O3S/c1-3-10-25(23,24)20-13-6-8-21(9-7-13)17(22)16-14-11-12(2)4-5-15(14)18-19-16/h4-5,11,13,20H,3,6-10H2,1-2H3,(H,18,19). The first-order chi connectivity index (χ1) is 11.9. The van der Waals surface area contributed by atoms with Gasteiger partial charge in [0.25, 0.3) is 5.91 Å². The van der Waals surface area contributed by atoms with Crippen molar-refractivity contribution >= 4 is 26.8 Å². The van der Waals surface area contributed by atoms with Gasteiger partial charge in [0.1, 0.15) is 0 Å². The van der Waals surface area contributed by atoms with Gasteiger partial charge in [-0.3, -0.25) is 9.89 Å². The average Bonchev–Trinajstić information content (AvgIpc) is 2.97. The largest absolute Gasteiger partial charge is 0.337 e. The van der Waals surface area contributed by atoms with Crippen molar-refractivity contribution in [1.82, 2.24) is 19.8 Å². The number of hydrogen-bond donors (Lipinski definition) is 2. The summed E-state index contributed by atoms with van der Waals surface area (Å²) in [4.78, 5) is 14.5. The monoisotopic (exact) mass is 364 g/mol. The molecule has 25 heavy (non-hydrogen) atoms. The number of fused-ring (bicyclic) bond motifs is 1. The van der Waals surface area contributed by atoms with Crippen molar-refractivity contribution in [3.05, 3.63) is 29.5 Å². The average molecular weight is 364 g/mol. The smallest absolute Gasteiger partial charge is 0.274 e. The van der Waals surface area contributed by atoms with Crippen molar-refractivity contribution in [3.8, 4) is 0 Å². The molecular formula is C17H24N4O3S. The molecule has 0 radical (unpaired) electrons. The number of piperidine rings is 1. The number of amides is 1. The van der Waals surface area contributed by atoms with E-state index in [4.69, 9.17) is 0 Å². The van der Waals surface area contributed by atoms with Crippen molar-refractivity contribution in [2.75, 3.05) is 18.8 Å². The van der Waals surface area contributed by atoms with Crippen LogP contribution in [-0.2, 0) is 10.0 Å². The van der Waals surface area contributed by atoms with Gasteiger partial charge < -0.3 is 4.90 Å². The van der Waals surface area contributed by atoms with E-state index in [9.17, 15) is 13.2 Å². The Morgan fingerprint density at radius 2 is 2.08 bits per heavy atom. The van der Waals surface area contributed by atoms with Gasteiger partial charge in [-0.2, -0.15) is 5.10 Å². The zero-order chi connectivity index (χ0) is 18.0. The summed E-state index contributed by atoms with van der Waals surface area (Å²) in [6, 6.07) is 5.75. The lowest BCUT2D eigenvalue weighted by molar-refractivity contribution is 0.0707. The second kappa shape index (κ2) is 7.13. The normalized spacial score (nSPS) is 16.5. The summed E-state index contributed by atoms with van der Waals surface area (Å²) in [6.07, 6.45) is 1.84. The zero-order valence-electron chi connectivity index (χ0n) is 14.6. The van der Waals surface area contributed by atoms with E-state index in [2.05, 4.69) is 14.9 Å². The van der Waals surface area contributed by atoms with Gasteiger partial charge in [-0.1, -0.05) is 18.6 Å². The van der Waals surface area contributed by atoms with E-state index >= 15 is 0 Å². The summed E-state index contributed by atoms with van der Waals surface area (Å²) in [5, 5.41) is 7.92. The molecule has 0 bridgehead atoms. The fourth-order valence-corrected chi connectivity index (χ4v) is 4.62. The molecule has 0 unspecified atom stereocenters. The van der Waals surface area contributed by atoms with Crippen LogP contribution in [0, 0.1) is 6.92 Å². The van der Waals surface area contributed by atoms with Gasteiger partial charge in [-0.05, 0) is 38.3 Å². The van der Waals surface area contributed by atoms with Crippen molar-refractivity contribution in [1.29, 1.82) is 0 Å². The summed E-state index contributed by atoms with van der Waals surface area (Å²) in [6.45, 7) is 4.88. The first-order valence-electron chi connectivity index (χ1n) is 8.63. The summed E-state index contributed by atoms with van der Waals surface area (Å²) in [5.74, 6) is 0.0387. The SMILES string of the molecule is CCCS(=O)(=O)NC1CCN(C(=O)c2n[nH]c3ccc(C)cc23)CC1. The minimum Gasteiger partial charge on any atom is -0.337 e. The van der Waals surface area contributed by atoms with Crippen LogP contribution in [0.3, 0.4) is 0 Å². The highest BCUT2D eigenvalue weighted by Gasteiger charge is 2.28. The zero-order valence-corrected chi connectivity index (χ0v) is 15.4. The van der Waals surface area contributed by atoms with Crippen LogP contribution in [0.25, 0.3) is 10.9 Å². The van der Waals surface area contributed by atoms with Gasteiger partial charge in [-0.25, -0.2) is 13.1 Å². The highest BCUT2D eigenvalue weighted by molar-refractivity contribution is 7.89. The summed E-state index contributed by atoms with van der Waals surface area (Å²) >= 11 is 0. The Hall–Kier alpha value is -1.93. The summed E-state index contributed by atoms with van der Waals surface area (Å²) < 4.78 is 26.5. The second-order valence-electron chi connectivity index (χ2n) is 6.62. The molecule has 1 amide bonds.